The van der Waals surface area contributed by atoms with Crippen molar-refractivity contribution in [3.63, 3.8) is 0 Å². The molecule has 0 aliphatic carbocycles. The summed E-state index contributed by atoms with van der Waals surface area (Å²) in [6.45, 7) is 5.05. The topological polar surface area (TPSA) is 50.3 Å². The van der Waals surface area contributed by atoms with Crippen LogP contribution in [0.1, 0.15) is 25.0 Å². The molecule has 5 heteroatoms. The van der Waals surface area contributed by atoms with Crippen LogP contribution in [0.25, 0.3) is 0 Å². The Morgan fingerprint density at radius 3 is 2.89 bits per heavy atom. The van der Waals surface area contributed by atoms with Gasteiger partial charge in [0, 0.05) is 32.9 Å². The Hall–Kier alpha value is -1.20. The average Bonchev–Trinajstić information content (AvgIpc) is 2.89. The maximum absolute atomic E-state index is 5.13. The Morgan fingerprint density at radius 2 is 2.21 bits per heavy atom. The Bertz CT molecular complexity index is 421. The molecule has 2 aliphatic heterocycles. The molecule has 0 bridgehead atoms. The predicted molar refractivity (Wildman–Crippen MR) is 74.1 cm³/mol. The third-order valence-corrected chi connectivity index (χ3v) is 4.43. The summed E-state index contributed by atoms with van der Waals surface area (Å²) in [5.74, 6) is 0.857. The van der Waals surface area contributed by atoms with Crippen molar-refractivity contribution in [2.45, 2.75) is 25.9 Å². The quantitative estimate of drug-likeness (QED) is 0.887. The van der Waals surface area contributed by atoms with Gasteiger partial charge in [0.25, 0.3) is 0 Å². The molecule has 3 rings (SSSR count). The van der Waals surface area contributed by atoms with Crippen LogP contribution in [0.5, 0.6) is 0 Å². The molecule has 19 heavy (non-hydrogen) atoms. The van der Waals surface area contributed by atoms with E-state index in [-0.39, 0.29) is 0 Å². The van der Waals surface area contributed by atoms with E-state index in [1.807, 2.05) is 12.3 Å². The van der Waals surface area contributed by atoms with Crippen LogP contribution in [0, 0.1) is 5.41 Å². The Balaban J connectivity index is 1.66. The lowest BCUT2D eigenvalue weighted by Crippen LogP contribution is -2.42. The fourth-order valence-electron chi connectivity index (χ4n) is 3.17. The van der Waals surface area contributed by atoms with Crippen LogP contribution in [0.2, 0.25) is 0 Å². The lowest BCUT2D eigenvalue weighted by molar-refractivity contribution is 0.181. The molecular weight excluding hydrogens is 240 g/mol. The Labute approximate surface area is 114 Å². The maximum atomic E-state index is 5.13. The van der Waals surface area contributed by atoms with Gasteiger partial charge in [-0.05, 0) is 37.3 Å². The molecule has 2 fully saturated rings. The van der Waals surface area contributed by atoms with Gasteiger partial charge >= 0.3 is 0 Å². The van der Waals surface area contributed by atoms with E-state index in [4.69, 9.17) is 4.74 Å². The fourth-order valence-corrected chi connectivity index (χ4v) is 3.17. The van der Waals surface area contributed by atoms with Crippen LogP contribution in [-0.4, -0.2) is 43.3 Å². The van der Waals surface area contributed by atoms with E-state index in [1.165, 1.54) is 32.4 Å². The van der Waals surface area contributed by atoms with Crippen molar-refractivity contribution < 1.29 is 4.74 Å². The zero-order valence-electron chi connectivity index (χ0n) is 11.6. The van der Waals surface area contributed by atoms with Gasteiger partial charge in [0.15, 0.2) is 0 Å². The molecule has 0 saturated carbocycles. The third-order valence-electron chi connectivity index (χ3n) is 4.43. The second-order valence-corrected chi connectivity index (χ2v) is 5.69. The summed E-state index contributed by atoms with van der Waals surface area (Å²) in [5, 5.41) is 3.50. The van der Waals surface area contributed by atoms with Crippen molar-refractivity contribution in [1.29, 1.82) is 0 Å². The highest BCUT2D eigenvalue weighted by Crippen LogP contribution is 2.37. The summed E-state index contributed by atoms with van der Waals surface area (Å²) in [6.07, 6.45) is 5.65. The van der Waals surface area contributed by atoms with Crippen LogP contribution in [0.15, 0.2) is 12.3 Å². The van der Waals surface area contributed by atoms with Crippen LogP contribution in [0.3, 0.4) is 0 Å². The first kappa shape index (κ1) is 12.8. The normalized spacial score (nSPS) is 22.1. The van der Waals surface area contributed by atoms with Gasteiger partial charge in [-0.25, -0.2) is 9.97 Å². The second kappa shape index (κ2) is 5.43. The van der Waals surface area contributed by atoms with Gasteiger partial charge in [-0.15, -0.1) is 0 Å². The van der Waals surface area contributed by atoms with Gasteiger partial charge in [0.05, 0.1) is 12.3 Å². The lowest BCUT2D eigenvalue weighted by atomic mass is 9.78. The lowest BCUT2D eigenvalue weighted by Gasteiger charge is -2.38. The molecule has 0 radical (unpaired) electrons. The van der Waals surface area contributed by atoms with Crippen molar-refractivity contribution in [1.82, 2.24) is 15.3 Å². The minimum atomic E-state index is 0.542. The highest BCUT2D eigenvalue weighted by molar-refractivity contribution is 5.31. The van der Waals surface area contributed by atoms with Crippen molar-refractivity contribution in [3.8, 4) is 0 Å². The van der Waals surface area contributed by atoms with Gasteiger partial charge in [-0.1, -0.05) is 0 Å². The summed E-state index contributed by atoms with van der Waals surface area (Å²) >= 11 is 0. The van der Waals surface area contributed by atoms with E-state index in [0.29, 0.717) is 12.0 Å². The fraction of sp³-hybridized carbons (Fsp3) is 0.714. The molecule has 104 valence electrons. The standard InChI is InChI=1S/C14H22N4O/c1-19-10-12-2-6-16-13(17-12)18-8-4-14(5-9-18)3-7-15-11-14/h2,6,15H,3-5,7-11H2,1H3. The number of ether oxygens (including phenoxy) is 1. The van der Waals surface area contributed by atoms with Gasteiger partial charge in [0.1, 0.15) is 0 Å². The first-order chi connectivity index (χ1) is 9.31. The predicted octanol–water partition coefficient (Wildman–Crippen LogP) is 1.20. The summed E-state index contributed by atoms with van der Waals surface area (Å²) < 4.78 is 5.13. The minimum absolute atomic E-state index is 0.542. The molecule has 2 aliphatic rings. The zero-order chi connectivity index (χ0) is 13.1. The van der Waals surface area contributed by atoms with Crippen LogP contribution >= 0.6 is 0 Å². The summed E-state index contributed by atoms with van der Waals surface area (Å²) in [7, 11) is 1.69. The molecule has 0 unspecified atom stereocenters. The minimum Gasteiger partial charge on any atom is -0.378 e. The smallest absolute Gasteiger partial charge is 0.225 e. The monoisotopic (exact) mass is 262 g/mol. The molecule has 1 aromatic heterocycles. The number of piperidine rings is 1. The van der Waals surface area contributed by atoms with E-state index in [2.05, 4.69) is 20.2 Å². The molecule has 1 spiro atoms. The van der Waals surface area contributed by atoms with Crippen LogP contribution in [0.4, 0.5) is 5.95 Å². The first-order valence-electron chi connectivity index (χ1n) is 7.08. The molecule has 3 heterocycles. The number of methoxy groups -OCH3 is 1. The van der Waals surface area contributed by atoms with Crippen molar-refractivity contribution in [2.24, 2.45) is 5.41 Å². The zero-order valence-corrected chi connectivity index (χ0v) is 11.6. The molecular formula is C14H22N4O. The van der Waals surface area contributed by atoms with E-state index in [1.54, 1.807) is 7.11 Å². The van der Waals surface area contributed by atoms with E-state index in [0.717, 1.165) is 24.7 Å². The summed E-state index contributed by atoms with van der Waals surface area (Å²) in [6, 6.07) is 1.92. The molecule has 0 amide bonds. The van der Waals surface area contributed by atoms with Gasteiger partial charge < -0.3 is 15.0 Å². The summed E-state index contributed by atoms with van der Waals surface area (Å²) in [4.78, 5) is 11.3. The van der Waals surface area contributed by atoms with E-state index >= 15 is 0 Å². The molecule has 0 atom stereocenters. The van der Waals surface area contributed by atoms with Crippen LogP contribution < -0.4 is 10.2 Å². The van der Waals surface area contributed by atoms with E-state index in [9.17, 15) is 0 Å². The highest BCUT2D eigenvalue weighted by atomic mass is 16.5. The molecule has 2 saturated heterocycles. The Morgan fingerprint density at radius 1 is 1.37 bits per heavy atom. The number of nitrogens with one attached hydrogen (secondary N) is 1. The molecule has 1 N–H and O–H groups in total. The number of hydrogen-bond acceptors (Lipinski definition) is 5. The first-order valence-corrected chi connectivity index (χ1v) is 7.08. The summed E-state index contributed by atoms with van der Waals surface area (Å²) in [5.41, 5.74) is 1.50. The average molecular weight is 262 g/mol. The number of aromatic nitrogens is 2. The number of nitrogens with zero attached hydrogens (tertiary/aromatic N) is 3. The molecule has 1 aromatic rings. The van der Waals surface area contributed by atoms with Gasteiger partial charge in [-0.3, -0.25) is 0 Å². The SMILES string of the molecule is COCc1ccnc(N2CCC3(CCNC3)CC2)n1. The van der Waals surface area contributed by atoms with Crippen molar-refractivity contribution in [2.75, 3.05) is 38.2 Å². The maximum Gasteiger partial charge on any atom is 0.225 e. The van der Waals surface area contributed by atoms with Crippen molar-refractivity contribution >= 4 is 5.95 Å². The number of hydrogen-bond donors (Lipinski definition) is 1. The molecule has 0 aromatic carbocycles. The van der Waals surface area contributed by atoms with Gasteiger partial charge in [-0.2, -0.15) is 0 Å². The van der Waals surface area contributed by atoms with Crippen LogP contribution in [-0.2, 0) is 11.3 Å². The van der Waals surface area contributed by atoms with Crippen molar-refractivity contribution in [3.05, 3.63) is 18.0 Å². The van der Waals surface area contributed by atoms with E-state index < -0.39 is 0 Å². The molecule has 5 nitrogen and oxygen atoms in total. The number of rotatable bonds is 3. The highest BCUT2D eigenvalue weighted by Gasteiger charge is 2.37. The largest absolute Gasteiger partial charge is 0.378 e. The second-order valence-electron chi connectivity index (χ2n) is 5.69. The van der Waals surface area contributed by atoms with Gasteiger partial charge in [0.2, 0.25) is 5.95 Å². The Kier molecular flexibility index (Phi) is 3.66. The number of anilines is 1. The third kappa shape index (κ3) is 2.72.